The van der Waals surface area contributed by atoms with E-state index in [-0.39, 0.29) is 25.5 Å². The average molecular weight is 638 g/mol. The van der Waals surface area contributed by atoms with E-state index in [1.165, 1.54) is 10.5 Å². The monoisotopic (exact) mass is 637 g/mol. The first-order chi connectivity index (χ1) is 18.1. The summed E-state index contributed by atoms with van der Waals surface area (Å²) in [6.07, 6.45) is 4.25. The van der Waals surface area contributed by atoms with Gasteiger partial charge in [0.25, 0.3) is 0 Å². The van der Waals surface area contributed by atoms with E-state index in [4.69, 9.17) is 14.2 Å². The van der Waals surface area contributed by atoms with Gasteiger partial charge in [-0.25, -0.2) is 14.6 Å². The van der Waals surface area contributed by atoms with Crippen LogP contribution in [-0.4, -0.2) is 63.3 Å². The number of benzene rings is 1. The molecule has 2 amide bonds. The predicted octanol–water partition coefficient (Wildman–Crippen LogP) is 4.77. The highest BCUT2D eigenvalue weighted by atomic mass is 127. The zero-order chi connectivity index (χ0) is 27.4. The number of fused-ring (bicyclic) bond motifs is 3. The van der Waals surface area contributed by atoms with E-state index in [9.17, 15) is 14.4 Å². The summed E-state index contributed by atoms with van der Waals surface area (Å²) in [7, 11) is 0. The molecule has 38 heavy (non-hydrogen) atoms. The van der Waals surface area contributed by atoms with Crippen LogP contribution < -0.4 is 10.1 Å². The van der Waals surface area contributed by atoms with Gasteiger partial charge in [-0.15, -0.1) is 0 Å². The number of ether oxygens (including phenoxy) is 3. The van der Waals surface area contributed by atoms with Crippen molar-refractivity contribution >= 4 is 51.3 Å². The first-order valence-electron chi connectivity index (χ1n) is 13.2. The largest absolute Gasteiger partial charge is 0.471 e. The first-order valence-corrected chi connectivity index (χ1v) is 14.4. The Morgan fingerprint density at radius 2 is 2.00 bits per heavy atom. The fourth-order valence-corrected chi connectivity index (χ4v) is 6.04. The molecule has 2 aromatic rings. The van der Waals surface area contributed by atoms with Crippen LogP contribution in [0, 0.1) is 5.41 Å². The zero-order valence-corrected chi connectivity index (χ0v) is 24.5. The number of hydrogen-bond donors (Lipinski definition) is 1. The molecule has 2 aliphatic heterocycles. The molecular weight excluding hydrogens is 601 g/mol. The lowest BCUT2D eigenvalue weighted by Crippen LogP contribution is -2.58. The van der Waals surface area contributed by atoms with Crippen molar-refractivity contribution < 1.29 is 28.6 Å². The second-order valence-electron chi connectivity index (χ2n) is 10.8. The summed E-state index contributed by atoms with van der Waals surface area (Å²) in [4.78, 5) is 45.8. The third kappa shape index (κ3) is 6.32. The molecule has 0 radical (unpaired) electrons. The van der Waals surface area contributed by atoms with Crippen molar-refractivity contribution in [2.45, 2.75) is 82.0 Å². The number of cyclic esters (lactones) is 1. The predicted molar refractivity (Wildman–Crippen MR) is 151 cm³/mol. The minimum absolute atomic E-state index is 0.190. The lowest BCUT2D eigenvalue weighted by Gasteiger charge is -2.36. The number of pyridine rings is 1. The summed E-state index contributed by atoms with van der Waals surface area (Å²) in [5, 5.41) is 4.67. The normalized spacial score (nSPS) is 25.2. The van der Waals surface area contributed by atoms with Gasteiger partial charge < -0.3 is 24.4 Å². The number of carbonyl (C=O) groups excluding carboxylic acids is 3. The SMILES string of the molecule is CCOC(=O)[C@@H]1C[C@H]2Oc3nccc4ccc(cc34)CCCCCOC(=O)N[C@@H](C(C)(C)C)C(=O)N1C2I. The van der Waals surface area contributed by atoms with Gasteiger partial charge in [0.1, 0.15) is 22.2 Å². The second-order valence-corrected chi connectivity index (χ2v) is 12.1. The van der Waals surface area contributed by atoms with E-state index in [2.05, 4.69) is 51.1 Å². The van der Waals surface area contributed by atoms with Gasteiger partial charge in [-0.2, -0.15) is 0 Å². The van der Waals surface area contributed by atoms with Gasteiger partial charge in [0.15, 0.2) is 0 Å². The van der Waals surface area contributed by atoms with Crippen molar-refractivity contribution in [3.8, 4) is 5.88 Å². The number of carbonyl (C=O) groups is 3. The van der Waals surface area contributed by atoms with Gasteiger partial charge in [-0.3, -0.25) is 4.79 Å². The van der Waals surface area contributed by atoms with Crippen molar-refractivity contribution in [3.05, 3.63) is 36.0 Å². The maximum Gasteiger partial charge on any atom is 0.407 e. The van der Waals surface area contributed by atoms with E-state index >= 15 is 0 Å². The number of rotatable bonds is 2. The molecule has 1 fully saturated rings. The number of aromatic nitrogens is 1. The number of alkyl carbamates (subject to hydrolysis) is 1. The van der Waals surface area contributed by atoms with Gasteiger partial charge >= 0.3 is 12.1 Å². The zero-order valence-electron chi connectivity index (χ0n) is 22.4. The quantitative estimate of drug-likeness (QED) is 0.219. The molecule has 4 bridgehead atoms. The van der Waals surface area contributed by atoms with Crippen LogP contribution in [0.25, 0.3) is 10.8 Å². The van der Waals surface area contributed by atoms with E-state index in [0.717, 1.165) is 36.5 Å². The maximum atomic E-state index is 14.0. The number of aryl methyl sites for hydroxylation is 1. The molecular formula is C28H36IN3O6. The summed E-state index contributed by atoms with van der Waals surface area (Å²) < 4.78 is 16.7. The Bertz CT molecular complexity index is 1180. The number of alkyl halides is 1. The Morgan fingerprint density at radius 1 is 1.21 bits per heavy atom. The second kappa shape index (κ2) is 12.0. The summed E-state index contributed by atoms with van der Waals surface area (Å²) in [5.41, 5.74) is 0.528. The van der Waals surface area contributed by atoms with Crippen LogP contribution in [-0.2, 0) is 25.5 Å². The van der Waals surface area contributed by atoms with Gasteiger partial charge in [-0.1, -0.05) is 55.5 Å². The molecule has 4 rings (SSSR count). The molecule has 206 valence electrons. The maximum absolute atomic E-state index is 14.0. The van der Waals surface area contributed by atoms with Crippen LogP contribution in [0.3, 0.4) is 0 Å². The number of hydrogen-bond acceptors (Lipinski definition) is 7. The molecule has 3 heterocycles. The molecule has 0 aliphatic carbocycles. The van der Waals surface area contributed by atoms with Gasteiger partial charge in [-0.05, 0) is 61.1 Å². The highest BCUT2D eigenvalue weighted by Gasteiger charge is 2.51. The van der Waals surface area contributed by atoms with Gasteiger partial charge in [0, 0.05) is 18.0 Å². The Labute approximate surface area is 237 Å². The molecule has 10 heteroatoms. The highest BCUT2D eigenvalue weighted by molar-refractivity contribution is 14.1. The number of nitrogens with zero attached hydrogens (tertiary/aromatic N) is 2. The van der Waals surface area contributed by atoms with Gasteiger partial charge in [0.05, 0.1) is 13.2 Å². The minimum Gasteiger partial charge on any atom is -0.471 e. The number of nitrogens with one attached hydrogen (secondary N) is 1. The fraction of sp³-hybridized carbons (Fsp3) is 0.571. The Morgan fingerprint density at radius 3 is 2.74 bits per heavy atom. The smallest absolute Gasteiger partial charge is 0.407 e. The van der Waals surface area contributed by atoms with Crippen molar-refractivity contribution in [3.63, 3.8) is 0 Å². The summed E-state index contributed by atoms with van der Waals surface area (Å²) in [6, 6.07) is 6.44. The fourth-order valence-electron chi connectivity index (χ4n) is 4.94. The van der Waals surface area contributed by atoms with E-state index < -0.39 is 39.7 Å². The molecule has 9 nitrogen and oxygen atoms in total. The molecule has 1 saturated heterocycles. The highest BCUT2D eigenvalue weighted by Crippen LogP contribution is 2.37. The molecule has 2 aliphatic rings. The van der Waals surface area contributed by atoms with E-state index in [1.807, 2.05) is 26.8 Å². The number of halogens is 1. The molecule has 1 N–H and O–H groups in total. The van der Waals surface area contributed by atoms with Crippen LogP contribution in [0.4, 0.5) is 4.79 Å². The summed E-state index contributed by atoms with van der Waals surface area (Å²) in [6.45, 7) is 7.79. The van der Waals surface area contributed by atoms with Crippen LogP contribution in [0.1, 0.15) is 58.9 Å². The van der Waals surface area contributed by atoms with Crippen LogP contribution in [0.15, 0.2) is 30.5 Å². The third-order valence-corrected chi connectivity index (χ3v) is 8.35. The molecule has 0 saturated carbocycles. The topological polar surface area (TPSA) is 107 Å². The molecule has 1 aromatic carbocycles. The number of amides is 2. The van der Waals surface area contributed by atoms with Gasteiger partial charge in [0.2, 0.25) is 11.8 Å². The van der Waals surface area contributed by atoms with Crippen molar-refractivity contribution in [2.75, 3.05) is 13.2 Å². The van der Waals surface area contributed by atoms with Crippen molar-refractivity contribution in [1.29, 1.82) is 0 Å². The van der Waals surface area contributed by atoms with E-state index in [1.54, 1.807) is 13.1 Å². The standard InChI is InChI=1S/C28H36IN3O6/c1-5-36-26(34)20-16-21-23(29)32(20)25(33)22(28(2,3)4)31-27(35)37-14-8-6-7-9-17-10-11-18-12-13-30-24(38-21)19(18)15-17/h10-13,15,20-23H,5-9,14,16H2,1-4H3,(H,31,35)/t20-,21+,22+,23?/m0/s1. The molecule has 1 unspecified atom stereocenters. The number of esters is 1. The van der Waals surface area contributed by atoms with Crippen LogP contribution in [0.5, 0.6) is 5.88 Å². The summed E-state index contributed by atoms with van der Waals surface area (Å²) in [5.74, 6) is -0.404. The average Bonchev–Trinajstić information content (AvgIpc) is 3.19. The van der Waals surface area contributed by atoms with Crippen LogP contribution >= 0.6 is 22.6 Å². The Kier molecular flexibility index (Phi) is 9.00. The van der Waals surface area contributed by atoms with Crippen molar-refractivity contribution in [2.24, 2.45) is 5.41 Å². The summed E-state index contributed by atoms with van der Waals surface area (Å²) >= 11 is 2.14. The minimum atomic E-state index is -0.917. The van der Waals surface area contributed by atoms with Crippen LogP contribution in [0.2, 0.25) is 0 Å². The Balaban J connectivity index is 1.75. The molecule has 4 atom stereocenters. The lowest BCUT2D eigenvalue weighted by molar-refractivity contribution is -0.154. The molecule has 1 aromatic heterocycles. The lowest BCUT2D eigenvalue weighted by atomic mass is 9.85. The Hall–Kier alpha value is -2.63. The van der Waals surface area contributed by atoms with Crippen molar-refractivity contribution in [1.82, 2.24) is 15.2 Å². The first kappa shape index (κ1) is 28.4. The third-order valence-electron chi connectivity index (χ3n) is 6.95. The van der Waals surface area contributed by atoms with E-state index in [0.29, 0.717) is 5.88 Å². The molecule has 0 spiro atoms.